The van der Waals surface area contributed by atoms with E-state index in [-0.39, 0.29) is 41.2 Å². The minimum absolute atomic E-state index is 0.00862. The molecule has 0 aromatic carbocycles. The summed E-state index contributed by atoms with van der Waals surface area (Å²) in [4.78, 5) is 37.3. The Morgan fingerprint density at radius 1 is 1.10 bits per heavy atom. The Hall–Kier alpha value is -1.73. The van der Waals surface area contributed by atoms with Crippen molar-refractivity contribution in [2.24, 2.45) is 34.0 Å². The van der Waals surface area contributed by atoms with Crippen molar-refractivity contribution in [2.45, 2.75) is 78.1 Å². The summed E-state index contributed by atoms with van der Waals surface area (Å²) in [5, 5.41) is 22.3. The van der Waals surface area contributed by atoms with Gasteiger partial charge in [-0.15, -0.1) is 0 Å². The predicted molar refractivity (Wildman–Crippen MR) is 111 cm³/mol. The van der Waals surface area contributed by atoms with E-state index in [4.69, 9.17) is 9.47 Å². The van der Waals surface area contributed by atoms with Gasteiger partial charge in [0.2, 0.25) is 0 Å². The third-order valence-corrected chi connectivity index (χ3v) is 9.18. The molecule has 9 atom stereocenters. The lowest BCUT2D eigenvalue weighted by atomic mass is 9.39. The number of rotatable bonds is 3. The Kier molecular flexibility index (Phi) is 5.17. The number of ether oxygens (including phenoxy) is 2. The molecule has 4 rings (SSSR count). The van der Waals surface area contributed by atoms with Gasteiger partial charge in [-0.2, -0.15) is 0 Å². The molecule has 2 bridgehead atoms. The average Bonchev–Trinajstić information content (AvgIpc) is 2.80. The Balaban J connectivity index is 1.85. The van der Waals surface area contributed by atoms with Gasteiger partial charge in [-0.3, -0.25) is 14.4 Å². The highest BCUT2D eigenvalue weighted by Crippen LogP contribution is 2.71. The van der Waals surface area contributed by atoms with E-state index < -0.39 is 41.0 Å². The van der Waals surface area contributed by atoms with E-state index in [1.165, 1.54) is 13.8 Å². The first kappa shape index (κ1) is 22.5. The lowest BCUT2D eigenvalue weighted by Crippen LogP contribution is -2.69. The van der Waals surface area contributed by atoms with Gasteiger partial charge in [0.05, 0.1) is 18.8 Å². The summed E-state index contributed by atoms with van der Waals surface area (Å²) >= 11 is 0. The minimum atomic E-state index is -1.28. The van der Waals surface area contributed by atoms with Crippen LogP contribution in [-0.2, 0) is 23.9 Å². The van der Waals surface area contributed by atoms with Gasteiger partial charge in [0, 0.05) is 25.2 Å². The fourth-order valence-corrected chi connectivity index (χ4v) is 8.00. The number of esters is 2. The molecule has 0 heterocycles. The number of Topliss-reactive ketones (excluding diaryl/α,β-unsaturated/α-hetero) is 1. The van der Waals surface area contributed by atoms with Gasteiger partial charge in [0.1, 0.15) is 11.5 Å². The molecule has 7 nitrogen and oxygen atoms in total. The van der Waals surface area contributed by atoms with Crippen LogP contribution < -0.4 is 0 Å². The summed E-state index contributed by atoms with van der Waals surface area (Å²) in [7, 11) is 0. The summed E-state index contributed by atoms with van der Waals surface area (Å²) < 4.78 is 11.2. The van der Waals surface area contributed by atoms with Gasteiger partial charge in [-0.1, -0.05) is 26.8 Å². The van der Waals surface area contributed by atoms with E-state index in [1.54, 1.807) is 0 Å². The Bertz CT molecular complexity index is 836. The summed E-state index contributed by atoms with van der Waals surface area (Å²) in [5.74, 6) is -2.22. The van der Waals surface area contributed by atoms with Crippen molar-refractivity contribution in [1.82, 2.24) is 0 Å². The first-order chi connectivity index (χ1) is 14.4. The lowest BCUT2D eigenvalue weighted by molar-refractivity contribution is -0.248. The zero-order valence-corrected chi connectivity index (χ0v) is 18.8. The molecule has 0 aliphatic heterocycles. The van der Waals surface area contributed by atoms with Crippen LogP contribution in [0.25, 0.3) is 0 Å². The first-order valence-corrected chi connectivity index (χ1v) is 11.3. The lowest BCUT2D eigenvalue weighted by Gasteiger charge is -2.66. The number of hydrogen-bond acceptors (Lipinski definition) is 7. The highest BCUT2D eigenvalue weighted by Gasteiger charge is 2.76. The molecule has 172 valence electrons. The van der Waals surface area contributed by atoms with Crippen molar-refractivity contribution < 1.29 is 34.1 Å². The molecule has 0 radical (unpaired) electrons. The number of fused-ring (bicyclic) bond motifs is 3. The van der Waals surface area contributed by atoms with Gasteiger partial charge in [0.25, 0.3) is 0 Å². The molecule has 4 aliphatic rings. The van der Waals surface area contributed by atoms with Gasteiger partial charge in [-0.25, -0.2) is 0 Å². The van der Waals surface area contributed by atoms with Gasteiger partial charge in [-0.05, 0) is 48.5 Å². The Labute approximate surface area is 183 Å². The van der Waals surface area contributed by atoms with Crippen LogP contribution in [0.4, 0.5) is 0 Å². The second kappa shape index (κ2) is 7.14. The predicted octanol–water partition coefficient (Wildman–Crippen LogP) is 2.18. The Morgan fingerprint density at radius 2 is 1.77 bits per heavy atom. The van der Waals surface area contributed by atoms with Crippen LogP contribution in [0.15, 0.2) is 12.2 Å². The standard InChI is InChI=1S/C24H34O7/c1-12-19-15(27)9-17-23(5)8-6-7-22(4,11-30-13(2)25)16(23)10-18(31-14(3)26)24(17,20(12)28)21(19)29/h15-19,21,27,29H,1,6-11H2,2-5H3/t15-,16+,17-,18+,19+,21+,22+,23+,24-/m0/s1. The van der Waals surface area contributed by atoms with Crippen molar-refractivity contribution in [3.05, 3.63) is 12.2 Å². The molecule has 0 aromatic heterocycles. The summed E-state index contributed by atoms with van der Waals surface area (Å²) in [6, 6.07) is 0. The SMILES string of the molecule is C=C1C(=O)[C@]23[C@H](O)[C@H]1[C@@H](O)C[C@H]2[C@]1(C)CCC[C@](C)(COC(C)=O)[C@H]1C[C@H]3OC(C)=O. The molecular formula is C24H34O7. The summed E-state index contributed by atoms with van der Waals surface area (Å²) in [5.41, 5.74) is -1.79. The maximum absolute atomic E-state index is 13.7. The van der Waals surface area contributed by atoms with E-state index in [1.807, 2.05) is 0 Å². The van der Waals surface area contributed by atoms with Gasteiger partial charge < -0.3 is 19.7 Å². The zero-order chi connectivity index (χ0) is 22.9. The molecule has 0 aromatic rings. The molecule has 4 fully saturated rings. The molecular weight excluding hydrogens is 400 g/mol. The van der Waals surface area contributed by atoms with Crippen LogP contribution in [0, 0.1) is 34.0 Å². The van der Waals surface area contributed by atoms with Gasteiger partial charge in [0.15, 0.2) is 5.78 Å². The van der Waals surface area contributed by atoms with Gasteiger partial charge >= 0.3 is 11.9 Å². The fourth-order valence-electron chi connectivity index (χ4n) is 8.00. The molecule has 31 heavy (non-hydrogen) atoms. The normalized spacial score (nSPS) is 48.6. The topological polar surface area (TPSA) is 110 Å². The quantitative estimate of drug-likeness (QED) is 0.517. The summed E-state index contributed by atoms with van der Waals surface area (Å²) in [6.45, 7) is 11.1. The zero-order valence-electron chi connectivity index (χ0n) is 18.8. The van der Waals surface area contributed by atoms with Crippen molar-refractivity contribution >= 4 is 17.7 Å². The number of aliphatic hydroxyl groups is 2. The van der Waals surface area contributed by atoms with Crippen LogP contribution in [0.2, 0.25) is 0 Å². The maximum Gasteiger partial charge on any atom is 0.302 e. The largest absolute Gasteiger partial charge is 0.465 e. The third kappa shape index (κ3) is 2.88. The van der Waals surface area contributed by atoms with Crippen LogP contribution in [0.5, 0.6) is 0 Å². The van der Waals surface area contributed by atoms with Crippen LogP contribution in [-0.4, -0.2) is 52.9 Å². The van der Waals surface area contributed by atoms with E-state index in [0.29, 0.717) is 12.8 Å². The average molecular weight is 435 g/mol. The monoisotopic (exact) mass is 434 g/mol. The molecule has 1 spiro atoms. The van der Waals surface area contributed by atoms with E-state index in [9.17, 15) is 24.6 Å². The minimum Gasteiger partial charge on any atom is -0.465 e. The number of hydrogen-bond donors (Lipinski definition) is 2. The smallest absolute Gasteiger partial charge is 0.302 e. The number of carbonyl (C=O) groups is 3. The van der Waals surface area contributed by atoms with E-state index in [0.717, 1.165) is 19.3 Å². The number of ketones is 1. The molecule has 2 N–H and O–H groups in total. The first-order valence-electron chi connectivity index (χ1n) is 11.3. The molecule has 7 heteroatoms. The fraction of sp³-hybridized carbons (Fsp3) is 0.792. The molecule has 0 amide bonds. The van der Waals surface area contributed by atoms with E-state index in [2.05, 4.69) is 20.4 Å². The third-order valence-electron chi connectivity index (χ3n) is 9.18. The van der Waals surface area contributed by atoms with Crippen LogP contribution >= 0.6 is 0 Å². The highest BCUT2D eigenvalue weighted by molar-refractivity contribution is 6.05. The van der Waals surface area contributed by atoms with Crippen LogP contribution in [0.1, 0.15) is 59.8 Å². The molecule has 0 unspecified atom stereocenters. The molecule has 0 saturated heterocycles. The van der Waals surface area contributed by atoms with Crippen molar-refractivity contribution in [2.75, 3.05) is 6.61 Å². The second-order valence-electron chi connectivity index (χ2n) is 10.8. The maximum atomic E-state index is 13.7. The van der Waals surface area contributed by atoms with Crippen molar-refractivity contribution in [1.29, 1.82) is 0 Å². The number of aliphatic hydroxyl groups excluding tert-OH is 2. The second-order valence-corrected chi connectivity index (χ2v) is 10.8. The summed E-state index contributed by atoms with van der Waals surface area (Å²) in [6.07, 6.45) is 0.509. The molecule has 4 aliphatic carbocycles. The van der Waals surface area contributed by atoms with Crippen molar-refractivity contribution in [3.63, 3.8) is 0 Å². The van der Waals surface area contributed by atoms with Crippen molar-refractivity contribution in [3.8, 4) is 0 Å². The Morgan fingerprint density at radius 3 is 2.39 bits per heavy atom. The van der Waals surface area contributed by atoms with E-state index >= 15 is 0 Å². The highest BCUT2D eigenvalue weighted by atomic mass is 16.5. The molecule has 4 saturated carbocycles. The number of carbonyl (C=O) groups excluding carboxylic acids is 3. The van der Waals surface area contributed by atoms with Crippen LogP contribution in [0.3, 0.4) is 0 Å².